The molecule has 0 heterocycles. The van der Waals surface area contributed by atoms with Crippen LogP contribution in [-0.4, -0.2) is 17.1 Å². The summed E-state index contributed by atoms with van der Waals surface area (Å²) in [5.41, 5.74) is 6.30. The van der Waals surface area contributed by atoms with E-state index in [4.69, 9.17) is 10.8 Å². The van der Waals surface area contributed by atoms with Gasteiger partial charge in [-0.2, -0.15) is 0 Å². The number of rotatable bonds is 3. The highest BCUT2D eigenvalue weighted by Crippen LogP contribution is 2.01. The predicted octanol–water partition coefficient (Wildman–Crippen LogP) is 0.641. The molecular weight excluding hydrogens is 155 g/mol. The third kappa shape index (κ3) is 2.36. The Morgan fingerprint density at radius 1 is 1.42 bits per heavy atom. The van der Waals surface area contributed by atoms with Crippen molar-refractivity contribution in [1.29, 1.82) is 0 Å². The predicted molar refractivity (Wildman–Crippen MR) is 45.8 cm³/mol. The van der Waals surface area contributed by atoms with Gasteiger partial charge in [0.25, 0.3) is 0 Å². The highest BCUT2D eigenvalue weighted by atomic mass is 16.4. The van der Waals surface area contributed by atoms with Gasteiger partial charge >= 0.3 is 5.97 Å². The van der Waals surface area contributed by atoms with Crippen molar-refractivity contribution in [2.24, 2.45) is 5.73 Å². The number of carboxylic acids is 1. The molecule has 0 unspecified atom stereocenters. The molecule has 0 aliphatic rings. The van der Waals surface area contributed by atoms with Crippen LogP contribution in [0.3, 0.4) is 0 Å². The summed E-state index contributed by atoms with van der Waals surface area (Å²) in [5, 5.41) is 8.52. The Morgan fingerprint density at radius 3 is 2.50 bits per heavy atom. The monoisotopic (exact) mass is 166 g/mol. The molecule has 0 amide bonds. The van der Waals surface area contributed by atoms with Gasteiger partial charge in [0.05, 0.1) is 0 Å². The Hall–Kier alpha value is -1.35. The van der Waals surface area contributed by atoms with Gasteiger partial charge in [0, 0.05) is 0 Å². The smallest absolute Gasteiger partial charge is 0.320 e. The summed E-state index contributed by atoms with van der Waals surface area (Å²) in [6.07, 6.45) is 0.385. The first-order valence-electron chi connectivity index (χ1n) is 3.72. The normalized spacial score (nSPS) is 12.4. The Kier molecular flexibility index (Phi) is 2.82. The zero-order chi connectivity index (χ0) is 8.97. The van der Waals surface area contributed by atoms with Crippen LogP contribution in [0.25, 0.3) is 0 Å². The Bertz CT molecular complexity index is 258. The first-order chi connectivity index (χ1) is 5.70. The zero-order valence-corrected chi connectivity index (χ0v) is 6.60. The van der Waals surface area contributed by atoms with Crippen LogP contribution in [0.4, 0.5) is 0 Å². The zero-order valence-electron chi connectivity index (χ0n) is 6.60. The van der Waals surface area contributed by atoms with E-state index in [9.17, 15) is 4.79 Å². The van der Waals surface area contributed by atoms with Crippen LogP contribution < -0.4 is 5.73 Å². The minimum absolute atomic E-state index is 0.385. The molecule has 0 aromatic heterocycles. The first kappa shape index (κ1) is 8.74. The summed E-state index contributed by atoms with van der Waals surface area (Å²) in [5.74, 6) is -0.959. The lowest BCUT2D eigenvalue weighted by Gasteiger charge is -2.04. The summed E-state index contributed by atoms with van der Waals surface area (Å²) in [6, 6.07) is 8.54. The van der Waals surface area contributed by atoms with Crippen molar-refractivity contribution in [3.8, 4) is 0 Å². The average Bonchev–Trinajstić information content (AvgIpc) is 2.06. The SMILES string of the molecule is N[C@H]([13CH2]c1ccccc1)C(=O)O. The maximum Gasteiger partial charge on any atom is 0.320 e. The molecule has 0 fully saturated rings. The highest BCUT2D eigenvalue weighted by molar-refractivity contribution is 5.73. The van der Waals surface area contributed by atoms with Crippen molar-refractivity contribution in [2.75, 3.05) is 0 Å². The Labute approximate surface area is 70.8 Å². The molecule has 1 aromatic carbocycles. The summed E-state index contributed by atoms with van der Waals surface area (Å²) in [7, 11) is 0. The number of aliphatic carboxylic acids is 1. The second-order valence-electron chi connectivity index (χ2n) is 2.63. The van der Waals surface area contributed by atoms with E-state index < -0.39 is 12.0 Å². The summed E-state index contributed by atoms with van der Waals surface area (Å²) < 4.78 is 0. The van der Waals surface area contributed by atoms with Crippen molar-refractivity contribution in [3.05, 3.63) is 35.9 Å². The highest BCUT2D eigenvalue weighted by Gasteiger charge is 2.10. The second-order valence-corrected chi connectivity index (χ2v) is 2.63. The van der Waals surface area contributed by atoms with E-state index in [1.54, 1.807) is 0 Å². The van der Waals surface area contributed by atoms with Gasteiger partial charge in [-0.05, 0) is 12.0 Å². The third-order valence-corrected chi connectivity index (χ3v) is 1.62. The number of hydrogen-bond acceptors (Lipinski definition) is 2. The van der Waals surface area contributed by atoms with Crippen molar-refractivity contribution >= 4 is 5.97 Å². The second kappa shape index (κ2) is 3.88. The number of carbonyl (C=O) groups is 1. The molecular formula is C9H11NO2. The molecule has 0 aliphatic heterocycles. The molecule has 0 saturated carbocycles. The molecule has 0 spiro atoms. The van der Waals surface area contributed by atoms with Crippen molar-refractivity contribution in [1.82, 2.24) is 0 Å². The molecule has 1 atom stereocenters. The van der Waals surface area contributed by atoms with E-state index >= 15 is 0 Å². The lowest BCUT2D eigenvalue weighted by Crippen LogP contribution is -2.32. The largest absolute Gasteiger partial charge is 0.480 e. The Morgan fingerprint density at radius 2 is 2.00 bits per heavy atom. The van der Waals surface area contributed by atoms with Gasteiger partial charge in [0.2, 0.25) is 0 Å². The lowest BCUT2D eigenvalue weighted by atomic mass is 10.2. The number of nitrogens with two attached hydrogens (primary N) is 1. The van der Waals surface area contributed by atoms with Crippen molar-refractivity contribution in [3.63, 3.8) is 0 Å². The van der Waals surface area contributed by atoms with Gasteiger partial charge in [0.15, 0.2) is 0 Å². The first-order valence-corrected chi connectivity index (χ1v) is 3.72. The standard InChI is InChI=1S/C9H11NO2/c10-8(9(11)12)6-7-4-2-1-3-5-7/h1-5,8H,6,10H2,(H,11,12)/t8-/m1/s1/i6+1. The number of carboxylic acid groups (broad SMARTS) is 1. The molecule has 1 rings (SSSR count). The fourth-order valence-corrected chi connectivity index (χ4v) is 0.955. The summed E-state index contributed by atoms with van der Waals surface area (Å²) in [6.45, 7) is 0. The molecule has 3 heteroatoms. The topological polar surface area (TPSA) is 63.3 Å². The van der Waals surface area contributed by atoms with Crippen LogP contribution in [0, 0.1) is 0 Å². The van der Waals surface area contributed by atoms with Gasteiger partial charge in [-0.1, -0.05) is 30.3 Å². The van der Waals surface area contributed by atoms with E-state index in [1.807, 2.05) is 30.3 Å². The molecule has 0 radical (unpaired) electrons. The van der Waals surface area contributed by atoms with E-state index in [-0.39, 0.29) is 0 Å². The van der Waals surface area contributed by atoms with E-state index in [0.717, 1.165) is 5.56 Å². The van der Waals surface area contributed by atoms with Crippen LogP contribution in [0.1, 0.15) is 5.56 Å². The van der Waals surface area contributed by atoms with Crippen molar-refractivity contribution in [2.45, 2.75) is 12.5 Å². The molecule has 0 aliphatic carbocycles. The minimum atomic E-state index is -0.959. The number of benzene rings is 1. The molecule has 1 aromatic rings. The fourth-order valence-electron chi connectivity index (χ4n) is 0.955. The molecule has 64 valence electrons. The van der Waals surface area contributed by atoms with E-state index in [1.165, 1.54) is 0 Å². The molecule has 3 nitrogen and oxygen atoms in total. The molecule has 0 bridgehead atoms. The summed E-state index contributed by atoms with van der Waals surface area (Å²) in [4.78, 5) is 10.4. The van der Waals surface area contributed by atoms with Crippen LogP contribution in [0.5, 0.6) is 0 Å². The van der Waals surface area contributed by atoms with Gasteiger partial charge in [0.1, 0.15) is 6.04 Å². The quantitative estimate of drug-likeness (QED) is 0.648. The van der Waals surface area contributed by atoms with E-state index in [2.05, 4.69) is 0 Å². The molecule has 12 heavy (non-hydrogen) atoms. The minimum Gasteiger partial charge on any atom is -0.480 e. The van der Waals surface area contributed by atoms with Crippen LogP contribution in [0.2, 0.25) is 0 Å². The van der Waals surface area contributed by atoms with Gasteiger partial charge in [-0.25, -0.2) is 0 Å². The molecule has 3 N–H and O–H groups in total. The van der Waals surface area contributed by atoms with Crippen LogP contribution >= 0.6 is 0 Å². The third-order valence-electron chi connectivity index (χ3n) is 1.62. The lowest BCUT2D eigenvalue weighted by molar-refractivity contribution is -0.138. The molecule has 0 saturated heterocycles. The van der Waals surface area contributed by atoms with Crippen molar-refractivity contribution < 1.29 is 9.90 Å². The fraction of sp³-hybridized carbons (Fsp3) is 0.222. The van der Waals surface area contributed by atoms with Gasteiger partial charge in [-0.15, -0.1) is 0 Å². The van der Waals surface area contributed by atoms with Gasteiger partial charge < -0.3 is 10.8 Å². The van der Waals surface area contributed by atoms with E-state index in [0.29, 0.717) is 6.42 Å². The average molecular weight is 166 g/mol. The maximum absolute atomic E-state index is 10.4. The summed E-state index contributed by atoms with van der Waals surface area (Å²) >= 11 is 0. The number of hydrogen-bond donors (Lipinski definition) is 2. The van der Waals surface area contributed by atoms with Gasteiger partial charge in [-0.3, -0.25) is 4.79 Å². The van der Waals surface area contributed by atoms with Crippen LogP contribution in [0.15, 0.2) is 30.3 Å². The Balaban J connectivity index is 2.58. The maximum atomic E-state index is 10.4. The van der Waals surface area contributed by atoms with Crippen LogP contribution in [-0.2, 0) is 11.2 Å².